The van der Waals surface area contributed by atoms with Gasteiger partial charge in [0.15, 0.2) is 0 Å². The number of hydrogen-bond acceptors (Lipinski definition) is 5. The van der Waals surface area contributed by atoms with Crippen LogP contribution in [0.15, 0.2) is 0 Å². The van der Waals surface area contributed by atoms with Crippen LogP contribution in [-0.2, 0) is 23.8 Å². The van der Waals surface area contributed by atoms with Gasteiger partial charge in [-0.1, -0.05) is 103 Å². The summed E-state index contributed by atoms with van der Waals surface area (Å²) in [6.45, 7) is 7.01. The van der Waals surface area contributed by atoms with Gasteiger partial charge in [-0.3, -0.25) is 9.59 Å². The Morgan fingerprint density at radius 1 is 0.600 bits per heavy atom. The summed E-state index contributed by atoms with van der Waals surface area (Å²) >= 11 is 0. The van der Waals surface area contributed by atoms with Crippen molar-refractivity contribution in [3.63, 3.8) is 0 Å². The van der Waals surface area contributed by atoms with Crippen LogP contribution in [0.5, 0.6) is 0 Å². The van der Waals surface area contributed by atoms with Crippen molar-refractivity contribution < 1.29 is 23.8 Å². The monoisotopic (exact) mass is 499 g/mol. The minimum atomic E-state index is -0.214. The molecule has 1 amide bonds. The fraction of sp³-hybridized carbons (Fsp3) is 0.931. The predicted molar refractivity (Wildman–Crippen MR) is 145 cm³/mol. The second kappa shape index (κ2) is 27.4. The molecule has 0 aliphatic carbocycles. The molecule has 0 spiro atoms. The minimum Gasteiger partial charge on any atom is -0.466 e. The quantitative estimate of drug-likeness (QED) is 0.0892. The Kier molecular flexibility index (Phi) is 26.6. The number of rotatable bonds is 27. The summed E-state index contributed by atoms with van der Waals surface area (Å²) in [6, 6.07) is 0. The molecule has 0 radical (unpaired) electrons. The molecule has 0 aliphatic heterocycles. The fourth-order valence-electron chi connectivity index (χ4n) is 4.16. The van der Waals surface area contributed by atoms with Crippen LogP contribution in [0.4, 0.5) is 0 Å². The number of unbranched alkanes of at least 4 members (excludes halogenated alkanes) is 15. The van der Waals surface area contributed by atoms with Gasteiger partial charge in [-0.15, -0.1) is 0 Å². The topological polar surface area (TPSA) is 65.1 Å². The average Bonchev–Trinajstić information content (AvgIpc) is 2.84. The standard InChI is InChI=1S/C29H57NO5/c1-4-5-6-7-8-9-10-11-12-13-14-15-16-17-18-19-25-35-29(32)21-23-30(28(2)31)22-20-24-34-27-26-33-3/h4-27H2,1-3H3. The van der Waals surface area contributed by atoms with Crippen LogP contribution < -0.4 is 0 Å². The number of methoxy groups -OCH3 is 1. The number of esters is 1. The van der Waals surface area contributed by atoms with E-state index in [2.05, 4.69) is 6.92 Å². The SMILES string of the molecule is CCCCCCCCCCCCCCCCCCOC(=O)CCN(CCCOCCOC)C(C)=O. The Morgan fingerprint density at radius 3 is 1.60 bits per heavy atom. The van der Waals surface area contributed by atoms with Crippen LogP contribution >= 0.6 is 0 Å². The highest BCUT2D eigenvalue weighted by Crippen LogP contribution is 2.13. The van der Waals surface area contributed by atoms with E-state index in [-0.39, 0.29) is 18.3 Å². The number of amides is 1. The molecule has 6 heteroatoms. The highest BCUT2D eigenvalue weighted by Gasteiger charge is 2.11. The fourth-order valence-corrected chi connectivity index (χ4v) is 4.16. The summed E-state index contributed by atoms with van der Waals surface area (Å²) in [5.41, 5.74) is 0. The molecular formula is C29H57NO5. The number of carbonyl (C=O) groups excluding carboxylic acids is 2. The Morgan fingerprint density at radius 2 is 1.11 bits per heavy atom. The zero-order chi connectivity index (χ0) is 25.8. The molecule has 0 heterocycles. The second-order valence-corrected chi connectivity index (χ2v) is 9.74. The lowest BCUT2D eigenvalue weighted by Crippen LogP contribution is -2.32. The summed E-state index contributed by atoms with van der Waals surface area (Å²) in [7, 11) is 1.64. The molecule has 0 rings (SSSR count). The molecule has 0 aromatic carbocycles. The molecule has 0 saturated carbocycles. The van der Waals surface area contributed by atoms with Crippen LogP contribution in [0.25, 0.3) is 0 Å². The van der Waals surface area contributed by atoms with Gasteiger partial charge in [0.1, 0.15) is 0 Å². The molecule has 35 heavy (non-hydrogen) atoms. The van der Waals surface area contributed by atoms with Gasteiger partial charge in [0.25, 0.3) is 0 Å². The minimum absolute atomic E-state index is 0.0208. The molecular weight excluding hydrogens is 442 g/mol. The lowest BCUT2D eigenvalue weighted by atomic mass is 10.0. The van der Waals surface area contributed by atoms with E-state index in [9.17, 15) is 9.59 Å². The van der Waals surface area contributed by atoms with Crippen LogP contribution in [0.2, 0.25) is 0 Å². The van der Waals surface area contributed by atoms with Crippen molar-refractivity contribution in [3.05, 3.63) is 0 Å². The number of carbonyl (C=O) groups is 2. The maximum Gasteiger partial charge on any atom is 0.307 e. The molecule has 6 nitrogen and oxygen atoms in total. The average molecular weight is 500 g/mol. The number of ether oxygens (including phenoxy) is 3. The van der Waals surface area contributed by atoms with E-state index >= 15 is 0 Å². The van der Waals surface area contributed by atoms with Gasteiger partial charge in [-0.05, 0) is 12.8 Å². The van der Waals surface area contributed by atoms with Crippen molar-refractivity contribution >= 4 is 11.9 Å². The van der Waals surface area contributed by atoms with E-state index in [0.29, 0.717) is 39.5 Å². The van der Waals surface area contributed by atoms with Crippen LogP contribution in [0.1, 0.15) is 129 Å². The molecule has 0 aliphatic rings. The van der Waals surface area contributed by atoms with E-state index in [1.807, 2.05) is 0 Å². The summed E-state index contributed by atoms with van der Waals surface area (Å²) in [6.07, 6.45) is 22.3. The third kappa shape index (κ3) is 25.8. The predicted octanol–water partition coefficient (Wildman–Crippen LogP) is 7.08. The van der Waals surface area contributed by atoms with Crippen LogP contribution in [0.3, 0.4) is 0 Å². The number of nitrogens with zero attached hydrogens (tertiary/aromatic N) is 1. The number of hydrogen-bond donors (Lipinski definition) is 0. The van der Waals surface area contributed by atoms with Crippen LogP contribution in [-0.4, -0.2) is 63.4 Å². The molecule has 0 bridgehead atoms. The normalized spacial score (nSPS) is 11.1. The summed E-state index contributed by atoms with van der Waals surface area (Å²) in [5.74, 6) is -0.235. The van der Waals surface area contributed by atoms with Crippen molar-refractivity contribution in [2.24, 2.45) is 0 Å². The van der Waals surface area contributed by atoms with Gasteiger partial charge in [-0.2, -0.15) is 0 Å². The van der Waals surface area contributed by atoms with E-state index in [4.69, 9.17) is 14.2 Å². The van der Waals surface area contributed by atoms with E-state index < -0.39 is 0 Å². The Bertz CT molecular complexity index is 472. The van der Waals surface area contributed by atoms with E-state index in [0.717, 1.165) is 19.3 Å². The highest BCUT2D eigenvalue weighted by molar-refractivity contribution is 5.75. The van der Waals surface area contributed by atoms with Gasteiger partial charge >= 0.3 is 5.97 Å². The third-order valence-electron chi connectivity index (χ3n) is 6.44. The van der Waals surface area contributed by atoms with Gasteiger partial charge in [0, 0.05) is 33.7 Å². The van der Waals surface area contributed by atoms with Crippen molar-refractivity contribution in [1.82, 2.24) is 4.90 Å². The maximum absolute atomic E-state index is 12.0. The Balaban J connectivity index is 3.44. The molecule has 0 aromatic rings. The van der Waals surface area contributed by atoms with E-state index in [1.54, 1.807) is 12.0 Å². The summed E-state index contributed by atoms with van der Waals surface area (Å²) < 4.78 is 15.7. The first-order chi connectivity index (χ1) is 17.1. The van der Waals surface area contributed by atoms with Gasteiger partial charge < -0.3 is 19.1 Å². The molecule has 0 unspecified atom stereocenters. The van der Waals surface area contributed by atoms with Gasteiger partial charge in [0.2, 0.25) is 5.91 Å². The van der Waals surface area contributed by atoms with Crippen molar-refractivity contribution in [2.45, 2.75) is 129 Å². The highest BCUT2D eigenvalue weighted by atomic mass is 16.5. The zero-order valence-corrected chi connectivity index (χ0v) is 23.5. The van der Waals surface area contributed by atoms with Gasteiger partial charge in [-0.25, -0.2) is 0 Å². The Hall–Kier alpha value is -1.14. The molecule has 208 valence electrons. The Labute approximate surface area is 216 Å². The van der Waals surface area contributed by atoms with Crippen LogP contribution in [0, 0.1) is 0 Å². The molecule has 0 aromatic heterocycles. The first-order valence-corrected chi connectivity index (χ1v) is 14.6. The second-order valence-electron chi connectivity index (χ2n) is 9.74. The van der Waals surface area contributed by atoms with Crippen molar-refractivity contribution in [2.75, 3.05) is 46.6 Å². The van der Waals surface area contributed by atoms with Crippen molar-refractivity contribution in [3.8, 4) is 0 Å². The smallest absolute Gasteiger partial charge is 0.307 e. The van der Waals surface area contributed by atoms with Crippen molar-refractivity contribution in [1.29, 1.82) is 0 Å². The lowest BCUT2D eigenvalue weighted by Gasteiger charge is -2.20. The van der Waals surface area contributed by atoms with E-state index in [1.165, 1.54) is 96.8 Å². The maximum atomic E-state index is 12.0. The molecule has 0 N–H and O–H groups in total. The first kappa shape index (κ1) is 33.9. The summed E-state index contributed by atoms with van der Waals surface area (Å²) in [5, 5.41) is 0. The molecule has 0 fully saturated rings. The molecule has 0 saturated heterocycles. The zero-order valence-electron chi connectivity index (χ0n) is 23.5. The first-order valence-electron chi connectivity index (χ1n) is 14.6. The molecule has 0 atom stereocenters. The summed E-state index contributed by atoms with van der Waals surface area (Å²) in [4.78, 5) is 25.4. The lowest BCUT2D eigenvalue weighted by molar-refractivity contribution is -0.144. The van der Waals surface area contributed by atoms with Gasteiger partial charge in [0.05, 0.1) is 26.2 Å². The largest absolute Gasteiger partial charge is 0.466 e. The third-order valence-corrected chi connectivity index (χ3v) is 6.44.